The average molecular weight is 267 g/mol. The first-order chi connectivity index (χ1) is 9.08. The van der Waals surface area contributed by atoms with Crippen molar-refractivity contribution in [1.29, 1.82) is 0 Å². The Labute approximate surface area is 109 Å². The lowest BCUT2D eigenvalue weighted by atomic mass is 9.95. The lowest BCUT2D eigenvalue weighted by Crippen LogP contribution is -2.52. The zero-order chi connectivity index (χ0) is 13.8. The molecule has 1 aliphatic heterocycles. The first kappa shape index (κ1) is 13.3. The van der Waals surface area contributed by atoms with Crippen LogP contribution in [0.3, 0.4) is 0 Å². The van der Waals surface area contributed by atoms with E-state index in [9.17, 15) is 19.1 Å². The van der Waals surface area contributed by atoms with Crippen LogP contribution < -0.4 is 16.2 Å². The third-order valence-electron chi connectivity index (χ3n) is 2.86. The Morgan fingerprint density at radius 3 is 2.68 bits per heavy atom. The van der Waals surface area contributed by atoms with Crippen molar-refractivity contribution in [3.8, 4) is 0 Å². The van der Waals surface area contributed by atoms with Crippen molar-refractivity contribution in [3.05, 3.63) is 30.1 Å². The number of rotatable bonds is 3. The lowest BCUT2D eigenvalue weighted by molar-refractivity contribution is -0.142. The van der Waals surface area contributed by atoms with Gasteiger partial charge in [-0.05, 0) is 30.7 Å². The molecule has 1 aliphatic rings. The number of benzene rings is 1. The second kappa shape index (κ2) is 5.66. The SMILES string of the molecule is O=C1NCCC(O)C1C(=O)NNc1ccc(F)cc1. The largest absolute Gasteiger partial charge is 0.392 e. The quantitative estimate of drug-likeness (QED) is 0.449. The molecular formula is C12H14FN3O3. The number of aliphatic hydroxyl groups excluding tert-OH is 1. The lowest BCUT2D eigenvalue weighted by Gasteiger charge is -2.26. The predicted molar refractivity (Wildman–Crippen MR) is 65.3 cm³/mol. The van der Waals surface area contributed by atoms with E-state index in [0.29, 0.717) is 18.7 Å². The molecule has 0 radical (unpaired) electrons. The van der Waals surface area contributed by atoms with Gasteiger partial charge in [0.1, 0.15) is 11.7 Å². The van der Waals surface area contributed by atoms with Crippen LogP contribution in [-0.2, 0) is 9.59 Å². The van der Waals surface area contributed by atoms with E-state index in [2.05, 4.69) is 16.2 Å². The van der Waals surface area contributed by atoms with Crippen molar-refractivity contribution in [2.75, 3.05) is 12.0 Å². The average Bonchev–Trinajstić information content (AvgIpc) is 2.38. The Balaban J connectivity index is 1.93. The Morgan fingerprint density at radius 1 is 1.37 bits per heavy atom. The number of hydrogen-bond donors (Lipinski definition) is 4. The van der Waals surface area contributed by atoms with Gasteiger partial charge in [-0.25, -0.2) is 4.39 Å². The van der Waals surface area contributed by atoms with Crippen LogP contribution in [0.15, 0.2) is 24.3 Å². The highest BCUT2D eigenvalue weighted by Gasteiger charge is 2.36. The van der Waals surface area contributed by atoms with Gasteiger partial charge in [-0.1, -0.05) is 0 Å². The number of anilines is 1. The minimum absolute atomic E-state index is 0.334. The van der Waals surface area contributed by atoms with Crippen LogP contribution in [0.25, 0.3) is 0 Å². The van der Waals surface area contributed by atoms with Gasteiger partial charge in [-0.15, -0.1) is 0 Å². The molecule has 2 atom stereocenters. The topological polar surface area (TPSA) is 90.5 Å². The van der Waals surface area contributed by atoms with Crippen LogP contribution in [0.2, 0.25) is 0 Å². The monoisotopic (exact) mass is 267 g/mol. The van der Waals surface area contributed by atoms with Crippen LogP contribution in [-0.4, -0.2) is 29.6 Å². The highest BCUT2D eigenvalue weighted by molar-refractivity contribution is 6.01. The normalized spacial score (nSPS) is 22.5. The summed E-state index contributed by atoms with van der Waals surface area (Å²) in [6.45, 7) is 0.356. The molecule has 1 saturated heterocycles. The van der Waals surface area contributed by atoms with Crippen molar-refractivity contribution >= 4 is 17.5 Å². The van der Waals surface area contributed by atoms with Crippen LogP contribution in [0.1, 0.15) is 6.42 Å². The number of carbonyl (C=O) groups is 2. The molecule has 1 heterocycles. The van der Waals surface area contributed by atoms with Gasteiger partial charge in [-0.3, -0.25) is 20.4 Å². The molecule has 4 N–H and O–H groups in total. The van der Waals surface area contributed by atoms with Gasteiger partial charge in [0.05, 0.1) is 11.8 Å². The summed E-state index contributed by atoms with van der Waals surface area (Å²) in [7, 11) is 0. The molecule has 102 valence electrons. The summed E-state index contributed by atoms with van der Waals surface area (Å²) in [6, 6.07) is 5.34. The molecule has 2 unspecified atom stereocenters. The summed E-state index contributed by atoms with van der Waals surface area (Å²) in [5.41, 5.74) is 5.34. The zero-order valence-electron chi connectivity index (χ0n) is 10.0. The number of carbonyl (C=O) groups excluding carboxylic acids is 2. The molecule has 0 aliphatic carbocycles. The molecule has 2 amide bonds. The number of halogens is 1. The number of hydrogen-bond acceptors (Lipinski definition) is 4. The third-order valence-corrected chi connectivity index (χ3v) is 2.86. The van der Waals surface area contributed by atoms with E-state index >= 15 is 0 Å². The molecule has 0 spiro atoms. The Bertz CT molecular complexity index is 478. The van der Waals surface area contributed by atoms with E-state index in [4.69, 9.17) is 0 Å². The molecule has 0 saturated carbocycles. The number of hydrazine groups is 1. The van der Waals surface area contributed by atoms with Crippen LogP contribution in [0.4, 0.5) is 10.1 Å². The summed E-state index contributed by atoms with van der Waals surface area (Å²) in [4.78, 5) is 23.3. The Hall–Kier alpha value is -2.15. The van der Waals surface area contributed by atoms with E-state index in [1.54, 1.807) is 0 Å². The van der Waals surface area contributed by atoms with Crippen molar-refractivity contribution in [2.24, 2.45) is 5.92 Å². The smallest absolute Gasteiger partial charge is 0.253 e. The molecular weight excluding hydrogens is 253 g/mol. The first-order valence-corrected chi connectivity index (χ1v) is 5.85. The third kappa shape index (κ3) is 3.19. The molecule has 1 fully saturated rings. The minimum Gasteiger partial charge on any atom is -0.392 e. The van der Waals surface area contributed by atoms with E-state index < -0.39 is 23.8 Å². The molecule has 7 heteroatoms. The molecule has 0 bridgehead atoms. The van der Waals surface area contributed by atoms with Crippen LogP contribution in [0.5, 0.6) is 0 Å². The highest BCUT2D eigenvalue weighted by Crippen LogP contribution is 2.13. The van der Waals surface area contributed by atoms with Crippen LogP contribution in [0, 0.1) is 11.7 Å². The molecule has 6 nitrogen and oxygen atoms in total. The highest BCUT2D eigenvalue weighted by atomic mass is 19.1. The summed E-state index contributed by atoms with van der Waals surface area (Å²) in [6.07, 6.45) is -0.663. The predicted octanol–water partition coefficient (Wildman–Crippen LogP) is -0.234. The fraction of sp³-hybridized carbons (Fsp3) is 0.333. The zero-order valence-corrected chi connectivity index (χ0v) is 10.0. The standard InChI is InChI=1S/C12H14FN3O3/c13-7-1-3-8(4-2-7)15-16-12(19)10-9(17)5-6-14-11(10)18/h1-4,9-10,15,17H,5-6H2,(H,14,18)(H,16,19). The van der Waals surface area contributed by atoms with E-state index in [1.807, 2.05) is 0 Å². The van der Waals surface area contributed by atoms with Gasteiger partial charge in [0.25, 0.3) is 5.91 Å². The molecule has 1 aromatic rings. The van der Waals surface area contributed by atoms with Crippen molar-refractivity contribution in [3.63, 3.8) is 0 Å². The minimum atomic E-state index is -1.14. The second-order valence-corrected chi connectivity index (χ2v) is 4.25. The molecule has 2 rings (SSSR count). The van der Waals surface area contributed by atoms with Gasteiger partial charge >= 0.3 is 0 Å². The second-order valence-electron chi connectivity index (χ2n) is 4.25. The maximum absolute atomic E-state index is 12.7. The van der Waals surface area contributed by atoms with Gasteiger partial charge < -0.3 is 10.4 Å². The van der Waals surface area contributed by atoms with E-state index in [0.717, 1.165) is 0 Å². The molecule has 1 aromatic carbocycles. The first-order valence-electron chi connectivity index (χ1n) is 5.85. The van der Waals surface area contributed by atoms with Gasteiger partial charge in [-0.2, -0.15) is 0 Å². The summed E-state index contributed by atoms with van der Waals surface area (Å²) < 4.78 is 12.7. The van der Waals surface area contributed by atoms with E-state index in [-0.39, 0.29) is 5.82 Å². The number of piperidine rings is 1. The molecule has 0 aromatic heterocycles. The summed E-state index contributed by atoms with van der Waals surface area (Å²) >= 11 is 0. The maximum atomic E-state index is 12.7. The Kier molecular flexibility index (Phi) is 3.96. The summed E-state index contributed by atoms with van der Waals surface area (Å²) in [5, 5.41) is 12.2. The van der Waals surface area contributed by atoms with Crippen molar-refractivity contribution in [1.82, 2.24) is 10.7 Å². The van der Waals surface area contributed by atoms with Gasteiger partial charge in [0.2, 0.25) is 5.91 Å². The van der Waals surface area contributed by atoms with Crippen molar-refractivity contribution in [2.45, 2.75) is 12.5 Å². The van der Waals surface area contributed by atoms with Gasteiger partial charge in [0.15, 0.2) is 0 Å². The van der Waals surface area contributed by atoms with Gasteiger partial charge in [0, 0.05) is 6.54 Å². The number of aliphatic hydroxyl groups is 1. The van der Waals surface area contributed by atoms with Crippen LogP contribution >= 0.6 is 0 Å². The number of nitrogens with one attached hydrogen (secondary N) is 3. The van der Waals surface area contributed by atoms with E-state index in [1.165, 1.54) is 24.3 Å². The summed E-state index contributed by atoms with van der Waals surface area (Å²) in [5.74, 6) is -2.66. The number of amides is 2. The maximum Gasteiger partial charge on any atom is 0.253 e. The molecule has 19 heavy (non-hydrogen) atoms. The fourth-order valence-corrected chi connectivity index (χ4v) is 1.83. The Morgan fingerprint density at radius 2 is 2.05 bits per heavy atom. The van der Waals surface area contributed by atoms with Crippen molar-refractivity contribution < 1.29 is 19.1 Å². The fourth-order valence-electron chi connectivity index (χ4n) is 1.83.